The van der Waals surface area contributed by atoms with Crippen molar-refractivity contribution in [2.24, 2.45) is 5.92 Å². The Hall–Kier alpha value is -2.46. The number of carbonyl (C=O) groups is 1. The van der Waals surface area contributed by atoms with E-state index in [-0.39, 0.29) is 11.2 Å². The molecule has 10 heteroatoms. The molecule has 2 heterocycles. The van der Waals surface area contributed by atoms with Crippen LogP contribution in [-0.4, -0.2) is 66.4 Å². The molecule has 9 nitrogen and oxygen atoms in total. The van der Waals surface area contributed by atoms with Gasteiger partial charge in [-0.3, -0.25) is 9.36 Å². The molecule has 1 amide bonds. The predicted octanol–water partition coefficient (Wildman–Crippen LogP) is 2.91. The van der Waals surface area contributed by atoms with E-state index in [0.717, 1.165) is 30.7 Å². The van der Waals surface area contributed by atoms with E-state index >= 15 is 0 Å². The monoisotopic (exact) mass is 449 g/mol. The molecule has 170 valence electrons. The van der Waals surface area contributed by atoms with E-state index in [4.69, 9.17) is 14.2 Å². The number of thioether (sulfide) groups is 1. The quantitative estimate of drug-likeness (QED) is 0.585. The molecule has 1 aromatic carbocycles. The minimum Gasteiger partial charge on any atom is -0.497 e. The van der Waals surface area contributed by atoms with Gasteiger partial charge in [0.05, 0.1) is 38.4 Å². The molecule has 0 saturated carbocycles. The first kappa shape index (κ1) is 23.2. The Morgan fingerprint density at radius 1 is 1.19 bits per heavy atom. The van der Waals surface area contributed by atoms with Crippen LogP contribution < -0.4 is 19.7 Å². The summed E-state index contributed by atoms with van der Waals surface area (Å²) < 4.78 is 18.2. The molecule has 0 bridgehead atoms. The van der Waals surface area contributed by atoms with Crippen LogP contribution in [0.3, 0.4) is 0 Å². The molecule has 1 aromatic heterocycles. The molecule has 1 saturated heterocycles. The number of hydrogen-bond donors (Lipinski definition) is 1. The Bertz CT molecular complexity index is 883. The summed E-state index contributed by atoms with van der Waals surface area (Å²) in [5, 5.41) is 12.1. The van der Waals surface area contributed by atoms with E-state index in [1.165, 1.54) is 11.8 Å². The minimum absolute atomic E-state index is 0.149. The standard InChI is InChI=1S/C21H31N5O4S/c1-14(2)13-26-20(25-8-10-30-11-9-25)23-24-21(26)31-15(3)19(27)22-17-12-16(28-4)6-7-18(17)29-5/h6-7,12,14-15H,8-11,13H2,1-5H3,(H,22,27). The van der Waals surface area contributed by atoms with E-state index in [0.29, 0.717) is 36.3 Å². The summed E-state index contributed by atoms with van der Waals surface area (Å²) in [6, 6.07) is 5.29. The highest BCUT2D eigenvalue weighted by atomic mass is 32.2. The van der Waals surface area contributed by atoms with E-state index in [1.807, 2.05) is 6.92 Å². The lowest BCUT2D eigenvalue weighted by Crippen LogP contribution is -2.38. The second-order valence-corrected chi connectivity index (χ2v) is 9.01. The average Bonchev–Trinajstić information content (AvgIpc) is 3.15. The van der Waals surface area contributed by atoms with Crippen LogP contribution in [-0.2, 0) is 16.1 Å². The molecule has 0 spiro atoms. The van der Waals surface area contributed by atoms with Crippen LogP contribution in [0.15, 0.2) is 23.4 Å². The molecular formula is C21H31N5O4S. The van der Waals surface area contributed by atoms with Crippen molar-refractivity contribution >= 4 is 29.3 Å². The number of anilines is 2. The van der Waals surface area contributed by atoms with Gasteiger partial charge in [0.1, 0.15) is 11.5 Å². The molecule has 1 unspecified atom stereocenters. The lowest BCUT2D eigenvalue weighted by molar-refractivity contribution is -0.115. The summed E-state index contributed by atoms with van der Waals surface area (Å²) in [6.07, 6.45) is 0. The highest BCUT2D eigenvalue weighted by Crippen LogP contribution is 2.31. The van der Waals surface area contributed by atoms with Crippen LogP contribution in [0.1, 0.15) is 20.8 Å². The highest BCUT2D eigenvalue weighted by Gasteiger charge is 2.25. The van der Waals surface area contributed by atoms with Gasteiger partial charge in [0.2, 0.25) is 11.9 Å². The summed E-state index contributed by atoms with van der Waals surface area (Å²) in [4.78, 5) is 15.1. The Morgan fingerprint density at radius 3 is 2.58 bits per heavy atom. The second kappa shape index (κ2) is 10.7. The zero-order valence-corrected chi connectivity index (χ0v) is 19.6. The fourth-order valence-corrected chi connectivity index (χ4v) is 4.10. The van der Waals surface area contributed by atoms with Gasteiger partial charge in [-0.15, -0.1) is 10.2 Å². The first-order valence-electron chi connectivity index (χ1n) is 10.4. The van der Waals surface area contributed by atoms with Crippen molar-refractivity contribution in [3.8, 4) is 11.5 Å². The maximum atomic E-state index is 12.9. The maximum absolute atomic E-state index is 12.9. The largest absolute Gasteiger partial charge is 0.497 e. The first-order chi connectivity index (χ1) is 14.9. The molecule has 1 fully saturated rings. The summed E-state index contributed by atoms with van der Waals surface area (Å²) >= 11 is 1.40. The number of benzene rings is 1. The van der Waals surface area contributed by atoms with E-state index in [2.05, 4.69) is 38.8 Å². The Morgan fingerprint density at radius 2 is 1.94 bits per heavy atom. The van der Waals surface area contributed by atoms with Gasteiger partial charge >= 0.3 is 0 Å². The molecule has 0 aliphatic carbocycles. The lowest BCUT2D eigenvalue weighted by atomic mass is 10.2. The van der Waals surface area contributed by atoms with Gasteiger partial charge in [-0.25, -0.2) is 0 Å². The fraction of sp³-hybridized carbons (Fsp3) is 0.571. The molecule has 1 N–H and O–H groups in total. The Kier molecular flexibility index (Phi) is 8.03. The number of methoxy groups -OCH3 is 2. The van der Waals surface area contributed by atoms with Crippen molar-refractivity contribution in [2.45, 2.75) is 37.7 Å². The van der Waals surface area contributed by atoms with Gasteiger partial charge in [0.15, 0.2) is 5.16 Å². The van der Waals surface area contributed by atoms with Crippen LogP contribution in [0.2, 0.25) is 0 Å². The molecule has 0 radical (unpaired) electrons. The van der Waals surface area contributed by atoms with Crippen molar-refractivity contribution in [3.63, 3.8) is 0 Å². The molecular weight excluding hydrogens is 418 g/mol. The number of aromatic nitrogens is 3. The van der Waals surface area contributed by atoms with Gasteiger partial charge in [-0.1, -0.05) is 25.6 Å². The second-order valence-electron chi connectivity index (χ2n) is 7.70. The number of ether oxygens (including phenoxy) is 3. The predicted molar refractivity (Wildman–Crippen MR) is 121 cm³/mol. The summed E-state index contributed by atoms with van der Waals surface area (Å²) in [7, 11) is 3.15. The fourth-order valence-electron chi connectivity index (χ4n) is 3.25. The topological polar surface area (TPSA) is 90.7 Å². The van der Waals surface area contributed by atoms with Crippen LogP contribution in [0.4, 0.5) is 11.6 Å². The van der Waals surface area contributed by atoms with E-state index < -0.39 is 0 Å². The Labute approximate surface area is 187 Å². The third-order valence-electron chi connectivity index (χ3n) is 4.85. The third kappa shape index (κ3) is 5.82. The number of nitrogens with one attached hydrogen (secondary N) is 1. The van der Waals surface area contributed by atoms with Crippen molar-refractivity contribution in [3.05, 3.63) is 18.2 Å². The molecule has 3 rings (SSSR count). The molecule has 1 aliphatic rings. The zero-order valence-electron chi connectivity index (χ0n) is 18.8. The van der Waals surface area contributed by atoms with Crippen molar-refractivity contribution in [1.29, 1.82) is 0 Å². The SMILES string of the molecule is COc1ccc(OC)c(NC(=O)C(C)Sc2nnc(N3CCOCC3)n2CC(C)C)c1. The van der Waals surface area contributed by atoms with Gasteiger partial charge in [-0.05, 0) is 25.0 Å². The van der Waals surface area contributed by atoms with Crippen molar-refractivity contribution in [2.75, 3.05) is 50.7 Å². The van der Waals surface area contributed by atoms with Gasteiger partial charge in [0.25, 0.3) is 0 Å². The van der Waals surface area contributed by atoms with Gasteiger partial charge in [-0.2, -0.15) is 0 Å². The van der Waals surface area contributed by atoms with Gasteiger partial charge < -0.3 is 24.4 Å². The number of morpholine rings is 1. The summed E-state index contributed by atoms with van der Waals surface area (Å²) in [5.41, 5.74) is 0.567. The van der Waals surface area contributed by atoms with Crippen LogP contribution in [0.5, 0.6) is 11.5 Å². The minimum atomic E-state index is -0.386. The molecule has 1 aliphatic heterocycles. The normalized spacial score (nSPS) is 15.1. The number of rotatable bonds is 9. The first-order valence-corrected chi connectivity index (χ1v) is 11.3. The number of amides is 1. The molecule has 1 atom stereocenters. The lowest BCUT2D eigenvalue weighted by Gasteiger charge is -2.28. The van der Waals surface area contributed by atoms with Crippen LogP contribution in [0.25, 0.3) is 0 Å². The Balaban J connectivity index is 1.75. The highest BCUT2D eigenvalue weighted by molar-refractivity contribution is 8.00. The smallest absolute Gasteiger partial charge is 0.237 e. The summed E-state index contributed by atoms with van der Waals surface area (Å²) in [5.74, 6) is 2.32. The zero-order chi connectivity index (χ0) is 22.4. The van der Waals surface area contributed by atoms with E-state index in [9.17, 15) is 4.79 Å². The number of hydrogen-bond acceptors (Lipinski definition) is 8. The van der Waals surface area contributed by atoms with Crippen molar-refractivity contribution < 1.29 is 19.0 Å². The van der Waals surface area contributed by atoms with Crippen molar-refractivity contribution in [1.82, 2.24) is 14.8 Å². The average molecular weight is 450 g/mol. The van der Waals surface area contributed by atoms with Crippen LogP contribution >= 0.6 is 11.8 Å². The number of nitrogens with zero attached hydrogens (tertiary/aromatic N) is 4. The van der Waals surface area contributed by atoms with E-state index in [1.54, 1.807) is 32.4 Å². The van der Waals surface area contributed by atoms with Gasteiger partial charge in [0, 0.05) is 25.7 Å². The maximum Gasteiger partial charge on any atom is 0.237 e. The summed E-state index contributed by atoms with van der Waals surface area (Å²) in [6.45, 7) is 9.87. The number of carbonyl (C=O) groups excluding carboxylic acids is 1. The third-order valence-corrected chi connectivity index (χ3v) is 5.94. The molecule has 31 heavy (non-hydrogen) atoms. The molecule has 2 aromatic rings. The van der Waals surface area contributed by atoms with Crippen LogP contribution in [0, 0.1) is 5.92 Å².